The SMILES string of the molecule is COc1ccccc1NC(=O)c1ccc(NS(=O)(=O)c2ccc(C#N)cc2)cc1. The van der Waals surface area contributed by atoms with Crippen molar-refractivity contribution in [1.29, 1.82) is 5.26 Å². The van der Waals surface area contributed by atoms with Crippen LogP contribution in [0.5, 0.6) is 5.75 Å². The number of hydrogen-bond acceptors (Lipinski definition) is 5. The van der Waals surface area contributed by atoms with Gasteiger partial charge in [-0.15, -0.1) is 0 Å². The van der Waals surface area contributed by atoms with E-state index in [1.807, 2.05) is 6.07 Å². The average molecular weight is 407 g/mol. The van der Waals surface area contributed by atoms with Gasteiger partial charge in [0.1, 0.15) is 5.75 Å². The van der Waals surface area contributed by atoms with Crippen LogP contribution in [0, 0.1) is 11.3 Å². The molecule has 3 rings (SSSR count). The molecule has 29 heavy (non-hydrogen) atoms. The van der Waals surface area contributed by atoms with E-state index in [2.05, 4.69) is 10.0 Å². The van der Waals surface area contributed by atoms with Gasteiger partial charge in [0.2, 0.25) is 0 Å². The zero-order valence-corrected chi connectivity index (χ0v) is 16.2. The molecule has 0 aliphatic carbocycles. The number of rotatable bonds is 6. The number of nitriles is 1. The number of anilines is 2. The van der Waals surface area contributed by atoms with Crippen molar-refractivity contribution in [3.8, 4) is 11.8 Å². The van der Waals surface area contributed by atoms with E-state index in [4.69, 9.17) is 10.00 Å². The smallest absolute Gasteiger partial charge is 0.261 e. The molecule has 0 saturated carbocycles. The van der Waals surface area contributed by atoms with Gasteiger partial charge >= 0.3 is 0 Å². The van der Waals surface area contributed by atoms with Crippen LogP contribution in [0.3, 0.4) is 0 Å². The number of benzene rings is 3. The van der Waals surface area contributed by atoms with Gasteiger partial charge in [0, 0.05) is 11.3 Å². The summed E-state index contributed by atoms with van der Waals surface area (Å²) in [4.78, 5) is 12.5. The lowest BCUT2D eigenvalue weighted by molar-refractivity contribution is 0.102. The van der Waals surface area contributed by atoms with Gasteiger partial charge in [0.25, 0.3) is 15.9 Å². The normalized spacial score (nSPS) is 10.6. The summed E-state index contributed by atoms with van der Waals surface area (Å²) >= 11 is 0. The number of ether oxygens (including phenoxy) is 1. The molecule has 3 aromatic carbocycles. The summed E-state index contributed by atoms with van der Waals surface area (Å²) in [5.74, 6) is 0.184. The van der Waals surface area contributed by atoms with E-state index in [1.54, 1.807) is 24.3 Å². The standard InChI is InChI=1S/C21H17N3O4S/c1-28-20-5-3-2-4-19(20)23-21(25)16-8-10-17(11-9-16)24-29(26,27)18-12-6-15(14-22)7-13-18/h2-13,24H,1H3,(H,23,25). The van der Waals surface area contributed by atoms with Crippen molar-refractivity contribution in [2.24, 2.45) is 0 Å². The molecule has 8 heteroatoms. The first-order valence-corrected chi connectivity index (χ1v) is 9.98. The van der Waals surface area contributed by atoms with Crippen LogP contribution in [0.25, 0.3) is 0 Å². The average Bonchev–Trinajstić information content (AvgIpc) is 2.74. The molecule has 0 atom stereocenters. The Bertz CT molecular complexity index is 1170. The van der Waals surface area contributed by atoms with Crippen molar-refractivity contribution in [3.63, 3.8) is 0 Å². The van der Waals surface area contributed by atoms with E-state index < -0.39 is 10.0 Å². The van der Waals surface area contributed by atoms with Gasteiger partial charge in [0.15, 0.2) is 0 Å². The highest BCUT2D eigenvalue weighted by Crippen LogP contribution is 2.24. The molecular weight excluding hydrogens is 390 g/mol. The van der Waals surface area contributed by atoms with Crippen molar-refractivity contribution in [2.45, 2.75) is 4.90 Å². The van der Waals surface area contributed by atoms with Crippen molar-refractivity contribution in [1.82, 2.24) is 0 Å². The van der Waals surface area contributed by atoms with E-state index in [0.717, 1.165) is 0 Å². The fraction of sp³-hybridized carbons (Fsp3) is 0.0476. The molecule has 0 aliphatic heterocycles. The Hall–Kier alpha value is -3.83. The maximum Gasteiger partial charge on any atom is 0.261 e. The summed E-state index contributed by atoms with van der Waals surface area (Å²) in [6.07, 6.45) is 0. The maximum atomic E-state index is 12.4. The first kappa shape index (κ1) is 19.9. The number of amides is 1. The second kappa shape index (κ2) is 8.46. The minimum Gasteiger partial charge on any atom is -0.495 e. The quantitative estimate of drug-likeness (QED) is 0.649. The highest BCUT2D eigenvalue weighted by molar-refractivity contribution is 7.92. The molecule has 0 bridgehead atoms. The van der Waals surface area contributed by atoms with E-state index in [1.165, 1.54) is 55.6 Å². The fourth-order valence-corrected chi connectivity index (χ4v) is 3.61. The third kappa shape index (κ3) is 4.72. The summed E-state index contributed by atoms with van der Waals surface area (Å²) in [6, 6.07) is 20.6. The minimum atomic E-state index is -3.81. The summed E-state index contributed by atoms with van der Waals surface area (Å²) in [6.45, 7) is 0. The lowest BCUT2D eigenvalue weighted by Gasteiger charge is -2.11. The Morgan fingerprint density at radius 1 is 0.966 bits per heavy atom. The van der Waals surface area contributed by atoms with Crippen molar-refractivity contribution in [2.75, 3.05) is 17.1 Å². The number of para-hydroxylation sites is 2. The van der Waals surface area contributed by atoms with E-state index in [-0.39, 0.29) is 10.8 Å². The van der Waals surface area contributed by atoms with Crippen LogP contribution in [0.2, 0.25) is 0 Å². The monoisotopic (exact) mass is 407 g/mol. The third-order valence-corrected chi connectivity index (χ3v) is 5.45. The molecule has 0 spiro atoms. The molecule has 0 radical (unpaired) electrons. The Balaban J connectivity index is 1.72. The molecule has 0 saturated heterocycles. The highest BCUT2D eigenvalue weighted by atomic mass is 32.2. The fourth-order valence-electron chi connectivity index (χ4n) is 2.55. The van der Waals surface area contributed by atoms with Gasteiger partial charge in [-0.2, -0.15) is 5.26 Å². The maximum absolute atomic E-state index is 12.4. The molecule has 3 aromatic rings. The third-order valence-electron chi connectivity index (χ3n) is 4.05. The van der Waals surface area contributed by atoms with Crippen LogP contribution in [-0.2, 0) is 10.0 Å². The molecule has 0 heterocycles. The predicted octanol–water partition coefficient (Wildman–Crippen LogP) is 3.62. The number of carbonyl (C=O) groups excluding carboxylic acids is 1. The minimum absolute atomic E-state index is 0.0366. The molecule has 146 valence electrons. The molecule has 7 nitrogen and oxygen atoms in total. The highest BCUT2D eigenvalue weighted by Gasteiger charge is 2.15. The number of carbonyl (C=O) groups is 1. The Labute approximate surface area is 168 Å². The van der Waals surface area contributed by atoms with Gasteiger partial charge < -0.3 is 10.1 Å². The van der Waals surface area contributed by atoms with E-state index >= 15 is 0 Å². The molecule has 0 unspecified atom stereocenters. The van der Waals surface area contributed by atoms with E-state index in [9.17, 15) is 13.2 Å². The number of sulfonamides is 1. The molecule has 1 amide bonds. The molecule has 0 aliphatic rings. The molecular formula is C21H17N3O4S. The van der Waals surface area contributed by atoms with Crippen molar-refractivity contribution >= 4 is 27.3 Å². The largest absolute Gasteiger partial charge is 0.495 e. The Morgan fingerprint density at radius 3 is 2.24 bits per heavy atom. The number of methoxy groups -OCH3 is 1. The van der Waals surface area contributed by atoms with Crippen molar-refractivity contribution < 1.29 is 17.9 Å². The summed E-state index contributed by atoms with van der Waals surface area (Å²) in [7, 11) is -2.29. The molecule has 0 aromatic heterocycles. The Kier molecular flexibility index (Phi) is 5.81. The molecule has 2 N–H and O–H groups in total. The van der Waals surface area contributed by atoms with Gasteiger partial charge in [-0.25, -0.2) is 8.42 Å². The topological polar surface area (TPSA) is 108 Å². The zero-order chi connectivity index (χ0) is 20.9. The number of hydrogen-bond donors (Lipinski definition) is 2. The van der Waals surface area contributed by atoms with Gasteiger partial charge in [-0.05, 0) is 60.7 Å². The number of nitrogens with one attached hydrogen (secondary N) is 2. The van der Waals surface area contributed by atoms with Crippen LogP contribution < -0.4 is 14.8 Å². The second-order valence-corrected chi connectivity index (χ2v) is 7.66. The van der Waals surface area contributed by atoms with Crippen LogP contribution in [-0.4, -0.2) is 21.4 Å². The van der Waals surface area contributed by atoms with Gasteiger partial charge in [-0.1, -0.05) is 12.1 Å². The lowest BCUT2D eigenvalue weighted by Crippen LogP contribution is -2.14. The van der Waals surface area contributed by atoms with E-state index in [0.29, 0.717) is 28.3 Å². The van der Waals surface area contributed by atoms with Crippen molar-refractivity contribution in [3.05, 3.63) is 83.9 Å². The van der Waals surface area contributed by atoms with Crippen LogP contribution in [0.4, 0.5) is 11.4 Å². The zero-order valence-electron chi connectivity index (χ0n) is 15.4. The van der Waals surface area contributed by atoms with Gasteiger partial charge in [-0.3, -0.25) is 9.52 Å². The predicted molar refractivity (Wildman–Crippen MR) is 109 cm³/mol. The number of nitrogens with zero attached hydrogens (tertiary/aromatic N) is 1. The summed E-state index contributed by atoms with van der Waals surface area (Å²) < 4.78 is 32.5. The summed E-state index contributed by atoms with van der Waals surface area (Å²) in [5, 5.41) is 11.6. The van der Waals surface area contributed by atoms with Gasteiger partial charge in [0.05, 0.1) is 29.3 Å². The van der Waals surface area contributed by atoms with Crippen LogP contribution in [0.1, 0.15) is 15.9 Å². The lowest BCUT2D eigenvalue weighted by atomic mass is 10.2. The van der Waals surface area contributed by atoms with Crippen LogP contribution in [0.15, 0.2) is 77.7 Å². The first-order chi connectivity index (χ1) is 13.9. The Morgan fingerprint density at radius 2 is 1.62 bits per heavy atom. The summed E-state index contributed by atoms with van der Waals surface area (Å²) in [5.41, 5.74) is 1.57. The molecule has 0 fully saturated rings. The van der Waals surface area contributed by atoms with Crippen LogP contribution >= 0.6 is 0 Å². The first-order valence-electron chi connectivity index (χ1n) is 8.50. The second-order valence-electron chi connectivity index (χ2n) is 5.97.